The van der Waals surface area contributed by atoms with Gasteiger partial charge in [0.2, 0.25) is 0 Å². The van der Waals surface area contributed by atoms with E-state index in [-0.39, 0.29) is 23.7 Å². The number of aliphatic hydroxyl groups excluding tert-OH is 2. The Hall–Kier alpha value is -2.65. The van der Waals surface area contributed by atoms with E-state index in [0.29, 0.717) is 5.56 Å². The van der Waals surface area contributed by atoms with E-state index in [1.54, 1.807) is 19.1 Å². The molecule has 2 aliphatic rings. The Labute approximate surface area is 199 Å². The van der Waals surface area contributed by atoms with Crippen LogP contribution in [0.2, 0.25) is 0 Å². The van der Waals surface area contributed by atoms with Gasteiger partial charge in [0.1, 0.15) is 24.1 Å². The molecular weight excluding hydrogens is 444 g/mol. The van der Waals surface area contributed by atoms with Crippen molar-refractivity contribution in [2.75, 3.05) is 7.11 Å². The van der Waals surface area contributed by atoms with Crippen LogP contribution in [-0.2, 0) is 34.0 Å². The molecule has 0 amide bonds. The molecule has 3 rings (SSSR count). The van der Waals surface area contributed by atoms with Crippen LogP contribution < -0.4 is 0 Å². The van der Waals surface area contributed by atoms with Gasteiger partial charge < -0.3 is 29.5 Å². The minimum absolute atomic E-state index is 0.0129. The molecule has 0 unspecified atom stereocenters. The number of carbonyl (C=O) groups excluding carboxylic acids is 3. The Bertz CT molecular complexity index is 1000. The summed E-state index contributed by atoms with van der Waals surface area (Å²) in [5, 5.41) is 33.8. The van der Waals surface area contributed by atoms with Crippen LogP contribution in [0.4, 0.5) is 0 Å². The number of methoxy groups -OCH3 is 1. The number of phenols is 1. The van der Waals surface area contributed by atoms with Crippen molar-refractivity contribution in [2.45, 2.75) is 83.7 Å². The van der Waals surface area contributed by atoms with Gasteiger partial charge in [-0.15, -0.1) is 0 Å². The largest absolute Gasteiger partial charge is 0.508 e. The Balaban J connectivity index is 2.44. The van der Waals surface area contributed by atoms with E-state index in [1.165, 1.54) is 27.9 Å². The third-order valence-corrected chi connectivity index (χ3v) is 7.66. The smallest absolute Gasteiger partial charge is 0.314 e. The molecule has 9 heteroatoms. The topological polar surface area (TPSA) is 140 Å². The van der Waals surface area contributed by atoms with Gasteiger partial charge >= 0.3 is 17.9 Å². The Morgan fingerprint density at radius 3 is 2.15 bits per heavy atom. The molecule has 2 aliphatic carbocycles. The fourth-order valence-corrected chi connectivity index (χ4v) is 6.08. The summed E-state index contributed by atoms with van der Waals surface area (Å²) in [6, 6.07) is 3.31. The van der Waals surface area contributed by atoms with Crippen molar-refractivity contribution in [1.82, 2.24) is 0 Å². The number of rotatable bonds is 4. The van der Waals surface area contributed by atoms with Crippen LogP contribution in [0.1, 0.15) is 76.7 Å². The van der Waals surface area contributed by atoms with Gasteiger partial charge in [-0.1, -0.05) is 26.8 Å². The average Bonchev–Trinajstić information content (AvgIpc) is 2.73. The number of aliphatic hydroxyl groups is 2. The summed E-state index contributed by atoms with van der Waals surface area (Å²) in [6.45, 7) is 9.43. The Morgan fingerprint density at radius 1 is 1.06 bits per heavy atom. The first kappa shape index (κ1) is 26.0. The van der Waals surface area contributed by atoms with Crippen LogP contribution in [0.5, 0.6) is 5.75 Å². The van der Waals surface area contributed by atoms with Crippen molar-refractivity contribution in [2.24, 2.45) is 11.3 Å². The number of carbonyl (C=O) groups is 3. The minimum Gasteiger partial charge on any atom is -0.508 e. The summed E-state index contributed by atoms with van der Waals surface area (Å²) in [7, 11) is 1.18. The summed E-state index contributed by atoms with van der Waals surface area (Å²) >= 11 is 0. The van der Waals surface area contributed by atoms with Gasteiger partial charge in [0.25, 0.3) is 0 Å². The number of benzene rings is 1. The number of aromatic hydroxyl groups is 1. The molecule has 0 heterocycles. The minimum atomic E-state index is -1.66. The molecule has 0 bridgehead atoms. The molecule has 34 heavy (non-hydrogen) atoms. The van der Waals surface area contributed by atoms with Crippen LogP contribution in [-0.4, -0.2) is 58.6 Å². The third-order valence-electron chi connectivity index (χ3n) is 7.66. The fourth-order valence-electron chi connectivity index (χ4n) is 6.08. The lowest BCUT2D eigenvalue weighted by Crippen LogP contribution is -2.69. The van der Waals surface area contributed by atoms with Gasteiger partial charge in [0.15, 0.2) is 0 Å². The summed E-state index contributed by atoms with van der Waals surface area (Å²) < 4.78 is 16.3. The van der Waals surface area contributed by atoms with Crippen molar-refractivity contribution in [1.29, 1.82) is 0 Å². The predicted octanol–water partition coefficient (Wildman–Crippen LogP) is 2.24. The summed E-state index contributed by atoms with van der Waals surface area (Å²) in [6.07, 6.45) is -5.21. The lowest BCUT2D eigenvalue weighted by atomic mass is 9.46. The summed E-state index contributed by atoms with van der Waals surface area (Å²) in [5.41, 5.74) is -1.65. The molecule has 0 radical (unpaired) electrons. The highest BCUT2D eigenvalue weighted by Gasteiger charge is 2.70. The van der Waals surface area contributed by atoms with Gasteiger partial charge in [-0.3, -0.25) is 14.4 Å². The van der Waals surface area contributed by atoms with E-state index in [1.807, 2.05) is 13.8 Å². The van der Waals surface area contributed by atoms with Crippen LogP contribution >= 0.6 is 0 Å². The highest BCUT2D eigenvalue weighted by atomic mass is 16.6. The SMILES string of the molecule is COC(=O)[C@]1(C)[C@@H](O)C[C@H](OC(C)=O)[C@]2(C)c3c(O)cc(C(C)C)cc3[C@@H](O)[C@@H](OC(C)=O)[C@@H]12. The zero-order chi connectivity index (χ0) is 25.7. The fraction of sp³-hybridized carbons (Fsp3) is 0.640. The van der Waals surface area contributed by atoms with Crippen molar-refractivity contribution in [3.05, 3.63) is 28.8 Å². The second kappa shape index (κ2) is 8.85. The molecule has 0 saturated heterocycles. The molecular formula is C25H34O9. The molecule has 1 saturated carbocycles. The van der Waals surface area contributed by atoms with Gasteiger partial charge in [-0.25, -0.2) is 0 Å². The molecule has 7 atom stereocenters. The van der Waals surface area contributed by atoms with E-state index in [2.05, 4.69) is 0 Å². The first-order valence-corrected chi connectivity index (χ1v) is 11.4. The molecule has 1 fully saturated rings. The predicted molar refractivity (Wildman–Crippen MR) is 120 cm³/mol. The summed E-state index contributed by atoms with van der Waals surface area (Å²) in [5.74, 6) is -3.33. The zero-order valence-corrected chi connectivity index (χ0v) is 20.6. The number of hydrogen-bond donors (Lipinski definition) is 3. The molecule has 1 aromatic carbocycles. The van der Waals surface area contributed by atoms with Crippen LogP contribution in [0, 0.1) is 11.3 Å². The molecule has 9 nitrogen and oxygen atoms in total. The van der Waals surface area contributed by atoms with Gasteiger partial charge in [0.05, 0.1) is 18.6 Å². The maximum absolute atomic E-state index is 13.1. The Kier molecular flexibility index (Phi) is 6.76. The normalized spacial score (nSPS) is 34.6. The van der Waals surface area contributed by atoms with E-state index in [0.717, 1.165) is 5.56 Å². The lowest BCUT2D eigenvalue weighted by molar-refractivity contribution is -0.224. The van der Waals surface area contributed by atoms with Crippen LogP contribution in [0.15, 0.2) is 12.1 Å². The maximum atomic E-state index is 13.1. The second-order valence-corrected chi connectivity index (χ2v) is 10.1. The molecule has 0 spiro atoms. The highest BCUT2D eigenvalue weighted by molar-refractivity contribution is 5.79. The first-order chi connectivity index (χ1) is 15.7. The van der Waals surface area contributed by atoms with Gasteiger partial charge in [-0.2, -0.15) is 0 Å². The highest BCUT2D eigenvalue weighted by Crippen LogP contribution is 2.63. The number of esters is 3. The summed E-state index contributed by atoms with van der Waals surface area (Å²) in [4.78, 5) is 37.3. The second-order valence-electron chi connectivity index (χ2n) is 10.1. The maximum Gasteiger partial charge on any atom is 0.314 e. The van der Waals surface area contributed by atoms with Crippen LogP contribution in [0.3, 0.4) is 0 Å². The van der Waals surface area contributed by atoms with E-state index in [9.17, 15) is 29.7 Å². The van der Waals surface area contributed by atoms with E-state index < -0.39 is 59.1 Å². The average molecular weight is 479 g/mol. The zero-order valence-electron chi connectivity index (χ0n) is 20.6. The van der Waals surface area contributed by atoms with E-state index in [4.69, 9.17) is 14.2 Å². The molecule has 188 valence electrons. The number of fused-ring (bicyclic) bond motifs is 3. The van der Waals surface area contributed by atoms with Gasteiger partial charge in [0, 0.05) is 37.2 Å². The van der Waals surface area contributed by atoms with Gasteiger partial charge in [-0.05, 0) is 30.0 Å². The third kappa shape index (κ3) is 3.75. The lowest BCUT2D eigenvalue weighted by Gasteiger charge is -2.60. The van der Waals surface area contributed by atoms with Crippen molar-refractivity contribution in [3.63, 3.8) is 0 Å². The standard InChI is InChI=1S/C25H34O9/c1-11(2)14-8-15-19(16(28)9-14)25(6)18(33-12(3)26)10-17(29)24(5,23(31)32-7)22(25)21(20(15)30)34-13(4)27/h8-9,11,17-18,20-22,28-30H,10H2,1-7H3/t17-,18-,20+,21+,22-,24+,25+/m0/s1. The monoisotopic (exact) mass is 478 g/mol. The number of phenolic OH excluding ortho intramolecular Hbond substituents is 1. The number of ether oxygens (including phenoxy) is 3. The van der Waals surface area contributed by atoms with Crippen LogP contribution in [0.25, 0.3) is 0 Å². The van der Waals surface area contributed by atoms with E-state index >= 15 is 0 Å². The van der Waals surface area contributed by atoms with Crippen molar-refractivity contribution < 1.29 is 43.9 Å². The molecule has 0 aromatic heterocycles. The Morgan fingerprint density at radius 2 is 1.65 bits per heavy atom. The molecule has 0 aliphatic heterocycles. The van der Waals surface area contributed by atoms with Crippen molar-refractivity contribution >= 4 is 17.9 Å². The first-order valence-electron chi connectivity index (χ1n) is 11.4. The van der Waals surface area contributed by atoms with Crippen molar-refractivity contribution in [3.8, 4) is 5.75 Å². The molecule has 1 aromatic rings. The quantitative estimate of drug-likeness (QED) is 0.439. The number of hydrogen-bond acceptors (Lipinski definition) is 9. The molecule has 3 N–H and O–H groups in total.